The highest BCUT2D eigenvalue weighted by atomic mass is 32.2. The van der Waals surface area contributed by atoms with Crippen LogP contribution < -0.4 is 15.4 Å². The standard InChI is InChI=1S/C13H21N3O3S/c1-10-6-7-11(9-12(10)16-20(3,18)19)15-13(17)5-4-8-14-2/h6-7,9,14,16H,4-5,8H2,1-3H3,(H,15,17). The van der Waals surface area contributed by atoms with Crippen molar-refractivity contribution in [1.82, 2.24) is 5.32 Å². The Hall–Kier alpha value is -1.60. The number of aryl methyl sites for hydroxylation is 1. The van der Waals surface area contributed by atoms with E-state index >= 15 is 0 Å². The number of carbonyl (C=O) groups excluding carboxylic acids is 1. The first-order chi connectivity index (χ1) is 9.31. The molecule has 0 aliphatic rings. The van der Waals surface area contributed by atoms with E-state index in [-0.39, 0.29) is 5.91 Å². The lowest BCUT2D eigenvalue weighted by Gasteiger charge is -2.11. The fourth-order valence-corrected chi connectivity index (χ4v) is 2.28. The summed E-state index contributed by atoms with van der Waals surface area (Å²) in [5.41, 5.74) is 1.85. The zero-order valence-electron chi connectivity index (χ0n) is 12.0. The summed E-state index contributed by atoms with van der Waals surface area (Å²) in [5.74, 6) is -0.0885. The Balaban J connectivity index is 2.72. The van der Waals surface area contributed by atoms with Crippen molar-refractivity contribution in [3.8, 4) is 0 Å². The number of anilines is 2. The quantitative estimate of drug-likeness (QED) is 0.662. The van der Waals surface area contributed by atoms with E-state index < -0.39 is 10.0 Å². The molecule has 0 heterocycles. The molecule has 0 unspecified atom stereocenters. The first-order valence-corrected chi connectivity index (χ1v) is 8.24. The Morgan fingerprint density at radius 2 is 2.00 bits per heavy atom. The minimum atomic E-state index is -3.33. The van der Waals surface area contributed by atoms with Gasteiger partial charge in [-0.2, -0.15) is 0 Å². The second-order valence-electron chi connectivity index (χ2n) is 4.66. The number of nitrogens with one attached hydrogen (secondary N) is 3. The van der Waals surface area contributed by atoms with E-state index in [1.165, 1.54) is 0 Å². The van der Waals surface area contributed by atoms with Gasteiger partial charge in [-0.3, -0.25) is 9.52 Å². The first-order valence-electron chi connectivity index (χ1n) is 6.34. The van der Waals surface area contributed by atoms with Gasteiger partial charge in [0.25, 0.3) is 0 Å². The van der Waals surface area contributed by atoms with E-state index in [1.54, 1.807) is 25.1 Å². The fourth-order valence-electron chi connectivity index (χ4n) is 1.66. The van der Waals surface area contributed by atoms with Gasteiger partial charge in [-0.1, -0.05) is 6.07 Å². The van der Waals surface area contributed by atoms with E-state index in [1.807, 2.05) is 7.05 Å². The van der Waals surface area contributed by atoms with Gasteiger partial charge in [-0.15, -0.1) is 0 Å². The van der Waals surface area contributed by atoms with Gasteiger partial charge >= 0.3 is 0 Å². The van der Waals surface area contributed by atoms with E-state index in [4.69, 9.17) is 0 Å². The third-order valence-electron chi connectivity index (χ3n) is 2.65. The van der Waals surface area contributed by atoms with Crippen LogP contribution in [0.1, 0.15) is 18.4 Å². The van der Waals surface area contributed by atoms with Crippen LogP contribution in [0.5, 0.6) is 0 Å². The van der Waals surface area contributed by atoms with Gasteiger partial charge in [-0.25, -0.2) is 8.42 Å². The van der Waals surface area contributed by atoms with Gasteiger partial charge in [-0.05, 0) is 44.6 Å². The van der Waals surface area contributed by atoms with Gasteiger partial charge < -0.3 is 10.6 Å². The van der Waals surface area contributed by atoms with Gasteiger partial charge in [0, 0.05) is 12.1 Å². The lowest BCUT2D eigenvalue weighted by atomic mass is 10.2. The fraction of sp³-hybridized carbons (Fsp3) is 0.462. The molecule has 0 bridgehead atoms. The third kappa shape index (κ3) is 6.03. The smallest absolute Gasteiger partial charge is 0.229 e. The highest BCUT2D eigenvalue weighted by molar-refractivity contribution is 7.92. The van der Waals surface area contributed by atoms with Crippen LogP contribution in [0.3, 0.4) is 0 Å². The molecule has 3 N–H and O–H groups in total. The van der Waals surface area contributed by atoms with Gasteiger partial charge in [0.2, 0.25) is 15.9 Å². The maximum Gasteiger partial charge on any atom is 0.229 e. The summed E-state index contributed by atoms with van der Waals surface area (Å²) in [6.07, 6.45) is 2.27. The highest BCUT2D eigenvalue weighted by Crippen LogP contribution is 2.21. The molecule has 1 amide bonds. The van der Waals surface area contributed by atoms with Gasteiger partial charge in [0.1, 0.15) is 0 Å². The zero-order valence-corrected chi connectivity index (χ0v) is 12.8. The predicted molar refractivity (Wildman–Crippen MR) is 81.4 cm³/mol. The predicted octanol–water partition coefficient (Wildman–Crippen LogP) is 1.30. The molecule has 6 nitrogen and oxygen atoms in total. The van der Waals surface area contributed by atoms with Crippen LogP contribution in [-0.4, -0.2) is 34.2 Å². The SMILES string of the molecule is CNCCCC(=O)Nc1ccc(C)c(NS(C)(=O)=O)c1. The molecule has 7 heteroatoms. The van der Waals surface area contributed by atoms with Crippen molar-refractivity contribution in [2.75, 3.05) is 29.9 Å². The minimum absolute atomic E-state index is 0.0885. The Labute approximate surface area is 120 Å². The topological polar surface area (TPSA) is 87.3 Å². The van der Waals surface area contributed by atoms with Crippen LogP contribution >= 0.6 is 0 Å². The summed E-state index contributed by atoms with van der Waals surface area (Å²) in [6.45, 7) is 2.58. The second kappa shape index (κ2) is 7.25. The van der Waals surface area contributed by atoms with E-state index in [0.717, 1.165) is 24.8 Å². The number of hydrogen-bond acceptors (Lipinski definition) is 4. The van der Waals surface area contributed by atoms with Crippen molar-refractivity contribution < 1.29 is 13.2 Å². The molecule has 1 aromatic carbocycles. The molecular weight excluding hydrogens is 278 g/mol. The number of sulfonamides is 1. The third-order valence-corrected chi connectivity index (χ3v) is 3.24. The van der Waals surface area contributed by atoms with Crippen LogP contribution in [0.25, 0.3) is 0 Å². The van der Waals surface area contributed by atoms with Crippen LogP contribution in [0, 0.1) is 6.92 Å². The number of carbonyl (C=O) groups is 1. The number of benzene rings is 1. The van der Waals surface area contributed by atoms with Crippen molar-refractivity contribution in [3.05, 3.63) is 23.8 Å². The molecule has 112 valence electrons. The molecule has 0 saturated carbocycles. The Kier molecular flexibility index (Phi) is 5.97. The maximum absolute atomic E-state index is 11.7. The molecule has 0 saturated heterocycles. The molecule has 1 rings (SSSR count). The molecule has 0 atom stereocenters. The second-order valence-corrected chi connectivity index (χ2v) is 6.41. The van der Waals surface area contributed by atoms with Crippen LogP contribution in [0.4, 0.5) is 11.4 Å². The molecule has 0 aromatic heterocycles. The Bertz CT molecular complexity index is 570. The van der Waals surface area contributed by atoms with E-state index in [9.17, 15) is 13.2 Å². The number of rotatable bonds is 7. The van der Waals surface area contributed by atoms with Gasteiger partial charge in [0.05, 0.1) is 11.9 Å². The number of amides is 1. The monoisotopic (exact) mass is 299 g/mol. The summed E-state index contributed by atoms with van der Waals surface area (Å²) >= 11 is 0. The molecule has 0 aliphatic heterocycles. The molecule has 20 heavy (non-hydrogen) atoms. The van der Waals surface area contributed by atoms with Crippen molar-refractivity contribution in [3.63, 3.8) is 0 Å². The van der Waals surface area contributed by atoms with Crippen LogP contribution in [0.15, 0.2) is 18.2 Å². The average molecular weight is 299 g/mol. The van der Waals surface area contributed by atoms with Crippen molar-refractivity contribution in [2.45, 2.75) is 19.8 Å². The number of hydrogen-bond donors (Lipinski definition) is 3. The average Bonchev–Trinajstić information content (AvgIpc) is 2.32. The lowest BCUT2D eigenvalue weighted by Crippen LogP contribution is -2.16. The molecule has 1 aromatic rings. The summed E-state index contributed by atoms with van der Waals surface area (Å²) < 4.78 is 24.9. The van der Waals surface area contributed by atoms with E-state index in [2.05, 4.69) is 15.4 Å². The summed E-state index contributed by atoms with van der Waals surface area (Å²) in [5, 5.41) is 5.73. The summed E-state index contributed by atoms with van der Waals surface area (Å²) in [7, 11) is -1.50. The molecule has 0 fully saturated rings. The zero-order chi connectivity index (χ0) is 15.2. The van der Waals surface area contributed by atoms with Crippen molar-refractivity contribution in [1.29, 1.82) is 0 Å². The van der Waals surface area contributed by atoms with Crippen LogP contribution in [-0.2, 0) is 14.8 Å². The molecule has 0 spiro atoms. The largest absolute Gasteiger partial charge is 0.326 e. The normalized spacial score (nSPS) is 11.2. The maximum atomic E-state index is 11.7. The molecule has 0 radical (unpaired) electrons. The van der Waals surface area contributed by atoms with E-state index in [0.29, 0.717) is 17.8 Å². The van der Waals surface area contributed by atoms with Gasteiger partial charge in [0.15, 0.2) is 0 Å². The Morgan fingerprint density at radius 3 is 2.60 bits per heavy atom. The first kappa shape index (κ1) is 16.5. The van der Waals surface area contributed by atoms with Crippen molar-refractivity contribution in [2.24, 2.45) is 0 Å². The molecular formula is C13H21N3O3S. The highest BCUT2D eigenvalue weighted by Gasteiger charge is 2.08. The summed E-state index contributed by atoms with van der Waals surface area (Å²) in [4.78, 5) is 11.7. The molecule has 0 aliphatic carbocycles. The van der Waals surface area contributed by atoms with Crippen LogP contribution in [0.2, 0.25) is 0 Å². The summed E-state index contributed by atoms with van der Waals surface area (Å²) in [6, 6.07) is 5.13. The Morgan fingerprint density at radius 1 is 1.30 bits per heavy atom. The van der Waals surface area contributed by atoms with Crippen molar-refractivity contribution >= 4 is 27.3 Å². The minimum Gasteiger partial charge on any atom is -0.326 e. The lowest BCUT2D eigenvalue weighted by molar-refractivity contribution is -0.116.